The van der Waals surface area contributed by atoms with E-state index in [1.54, 1.807) is 13.2 Å². The van der Waals surface area contributed by atoms with E-state index in [-0.39, 0.29) is 5.97 Å². The summed E-state index contributed by atoms with van der Waals surface area (Å²) in [5, 5.41) is 0.730. The molecular formula is C10H16N4O3S. The molecule has 0 aliphatic heterocycles. The van der Waals surface area contributed by atoms with Gasteiger partial charge in [-0.2, -0.15) is 0 Å². The predicted molar refractivity (Wildman–Crippen MR) is 67.9 cm³/mol. The molecule has 0 fully saturated rings. The summed E-state index contributed by atoms with van der Waals surface area (Å²) < 4.78 is 9.52. The van der Waals surface area contributed by atoms with Crippen molar-refractivity contribution in [3.05, 3.63) is 11.9 Å². The molecule has 1 aromatic rings. The molecule has 1 aromatic heterocycles. The molecule has 1 rings (SSSR count). The molecule has 0 radical (unpaired) electrons. The highest BCUT2D eigenvalue weighted by atomic mass is 32.2. The number of aromatic nitrogens is 2. The van der Waals surface area contributed by atoms with E-state index in [9.17, 15) is 4.79 Å². The predicted octanol–water partition coefficient (Wildman–Crippen LogP) is 0.564. The van der Waals surface area contributed by atoms with Crippen molar-refractivity contribution in [2.24, 2.45) is 5.84 Å². The quantitative estimate of drug-likeness (QED) is 0.244. The standard InChI is InChI=1S/C10H16N4O3S/c1-16-6-8-12-7(14-11)5-9(13-8)18-4-3-10(15)17-2/h5H,3-4,6,11H2,1-2H3,(H,12,13,14). The lowest BCUT2D eigenvalue weighted by molar-refractivity contribution is -0.140. The van der Waals surface area contributed by atoms with Gasteiger partial charge < -0.3 is 14.9 Å². The SMILES string of the molecule is COCc1nc(NN)cc(SCCC(=O)OC)n1. The molecule has 0 spiro atoms. The van der Waals surface area contributed by atoms with Gasteiger partial charge in [-0.1, -0.05) is 0 Å². The molecule has 0 unspecified atom stereocenters. The van der Waals surface area contributed by atoms with Crippen molar-refractivity contribution in [1.29, 1.82) is 0 Å². The Morgan fingerprint density at radius 2 is 2.28 bits per heavy atom. The Labute approximate surface area is 109 Å². The van der Waals surface area contributed by atoms with Crippen LogP contribution >= 0.6 is 11.8 Å². The average Bonchev–Trinajstić information content (AvgIpc) is 2.38. The van der Waals surface area contributed by atoms with Crippen molar-refractivity contribution in [2.45, 2.75) is 18.1 Å². The molecule has 18 heavy (non-hydrogen) atoms. The van der Waals surface area contributed by atoms with Crippen molar-refractivity contribution in [3.63, 3.8) is 0 Å². The number of nitrogen functional groups attached to an aromatic ring is 1. The van der Waals surface area contributed by atoms with E-state index in [0.717, 1.165) is 5.03 Å². The Kier molecular flexibility index (Phi) is 6.40. The molecule has 8 heteroatoms. The molecule has 0 aliphatic rings. The maximum atomic E-state index is 11.0. The molecule has 0 saturated heterocycles. The molecule has 0 bridgehead atoms. The topological polar surface area (TPSA) is 99.4 Å². The van der Waals surface area contributed by atoms with Gasteiger partial charge in [0.2, 0.25) is 0 Å². The number of thioether (sulfide) groups is 1. The van der Waals surface area contributed by atoms with Crippen LogP contribution in [-0.4, -0.2) is 35.9 Å². The first-order valence-corrected chi connectivity index (χ1v) is 6.21. The van der Waals surface area contributed by atoms with Gasteiger partial charge in [0.25, 0.3) is 0 Å². The van der Waals surface area contributed by atoms with Crippen LogP contribution in [0.4, 0.5) is 5.82 Å². The van der Waals surface area contributed by atoms with Crippen molar-refractivity contribution in [3.8, 4) is 0 Å². The number of carbonyl (C=O) groups excluding carboxylic acids is 1. The molecule has 100 valence electrons. The minimum absolute atomic E-state index is 0.245. The Morgan fingerprint density at radius 1 is 1.50 bits per heavy atom. The first-order chi connectivity index (χ1) is 8.69. The highest BCUT2D eigenvalue weighted by molar-refractivity contribution is 7.99. The number of hydrogen-bond acceptors (Lipinski definition) is 8. The summed E-state index contributed by atoms with van der Waals surface area (Å²) in [4.78, 5) is 19.4. The molecule has 0 atom stereocenters. The number of ether oxygens (including phenoxy) is 2. The van der Waals surface area contributed by atoms with Crippen LogP contribution in [0.1, 0.15) is 12.2 Å². The smallest absolute Gasteiger partial charge is 0.306 e. The van der Waals surface area contributed by atoms with E-state index in [0.29, 0.717) is 30.4 Å². The maximum Gasteiger partial charge on any atom is 0.306 e. The molecule has 3 N–H and O–H groups in total. The second kappa shape index (κ2) is 7.85. The van der Waals surface area contributed by atoms with Crippen molar-refractivity contribution in [1.82, 2.24) is 9.97 Å². The van der Waals surface area contributed by atoms with Gasteiger partial charge in [0.05, 0.1) is 13.5 Å². The van der Waals surface area contributed by atoms with Gasteiger partial charge in [0.15, 0.2) is 5.82 Å². The second-order valence-electron chi connectivity index (χ2n) is 3.26. The third kappa shape index (κ3) is 4.86. The second-order valence-corrected chi connectivity index (χ2v) is 4.37. The third-order valence-corrected chi connectivity index (χ3v) is 2.87. The summed E-state index contributed by atoms with van der Waals surface area (Å²) in [7, 11) is 2.93. The minimum Gasteiger partial charge on any atom is -0.469 e. The molecule has 0 amide bonds. The lowest BCUT2D eigenvalue weighted by Crippen LogP contribution is -2.11. The van der Waals surface area contributed by atoms with Crippen LogP contribution in [0.3, 0.4) is 0 Å². The van der Waals surface area contributed by atoms with Gasteiger partial charge in [-0.25, -0.2) is 15.8 Å². The lowest BCUT2D eigenvalue weighted by Gasteiger charge is -2.06. The van der Waals surface area contributed by atoms with Crippen LogP contribution in [0.2, 0.25) is 0 Å². The maximum absolute atomic E-state index is 11.0. The normalized spacial score (nSPS) is 10.2. The first kappa shape index (κ1) is 14.7. The minimum atomic E-state index is -0.245. The Balaban J connectivity index is 2.63. The summed E-state index contributed by atoms with van der Waals surface area (Å²) in [5.74, 6) is 6.70. The van der Waals surface area contributed by atoms with Gasteiger partial charge in [-0.15, -0.1) is 11.8 Å². The number of nitrogens with zero attached hydrogens (tertiary/aromatic N) is 2. The summed E-state index contributed by atoms with van der Waals surface area (Å²) >= 11 is 1.43. The van der Waals surface area contributed by atoms with Crippen LogP contribution in [0.25, 0.3) is 0 Å². The van der Waals surface area contributed by atoms with Crippen molar-refractivity contribution < 1.29 is 14.3 Å². The van der Waals surface area contributed by atoms with Crippen molar-refractivity contribution in [2.75, 3.05) is 25.4 Å². The number of esters is 1. The Bertz CT molecular complexity index is 403. The zero-order valence-electron chi connectivity index (χ0n) is 10.3. The molecule has 0 saturated carbocycles. The van der Waals surface area contributed by atoms with Gasteiger partial charge in [-0.05, 0) is 0 Å². The van der Waals surface area contributed by atoms with E-state index in [1.165, 1.54) is 18.9 Å². The van der Waals surface area contributed by atoms with Crippen LogP contribution in [-0.2, 0) is 20.9 Å². The lowest BCUT2D eigenvalue weighted by atomic mass is 10.5. The fourth-order valence-electron chi connectivity index (χ4n) is 1.16. The Morgan fingerprint density at radius 3 is 2.89 bits per heavy atom. The van der Waals surface area contributed by atoms with Gasteiger partial charge in [-0.3, -0.25) is 4.79 Å². The number of methoxy groups -OCH3 is 2. The van der Waals surface area contributed by atoms with Crippen molar-refractivity contribution >= 4 is 23.5 Å². The highest BCUT2D eigenvalue weighted by Gasteiger charge is 2.06. The van der Waals surface area contributed by atoms with Gasteiger partial charge >= 0.3 is 5.97 Å². The van der Waals surface area contributed by atoms with E-state index >= 15 is 0 Å². The number of anilines is 1. The summed E-state index contributed by atoms with van der Waals surface area (Å²) in [6, 6.07) is 1.71. The van der Waals surface area contributed by atoms with Crippen LogP contribution in [0.5, 0.6) is 0 Å². The average molecular weight is 272 g/mol. The van der Waals surface area contributed by atoms with Gasteiger partial charge in [0.1, 0.15) is 17.5 Å². The Hall–Kier alpha value is -1.38. The molecular weight excluding hydrogens is 256 g/mol. The van der Waals surface area contributed by atoms with Gasteiger partial charge in [0, 0.05) is 18.9 Å². The molecule has 0 aliphatic carbocycles. The van der Waals surface area contributed by atoms with E-state index < -0.39 is 0 Å². The number of hydrogen-bond donors (Lipinski definition) is 2. The summed E-state index contributed by atoms with van der Waals surface area (Å²) in [5.41, 5.74) is 2.46. The van der Waals surface area contributed by atoms with E-state index in [4.69, 9.17) is 10.6 Å². The number of rotatable bonds is 7. The monoisotopic (exact) mass is 272 g/mol. The van der Waals surface area contributed by atoms with E-state index in [1.807, 2.05) is 0 Å². The number of nitrogens with one attached hydrogen (secondary N) is 1. The fraction of sp³-hybridized carbons (Fsp3) is 0.500. The summed E-state index contributed by atoms with van der Waals surface area (Å²) in [6.07, 6.45) is 0.330. The fourth-order valence-corrected chi connectivity index (χ4v) is 2.00. The third-order valence-electron chi connectivity index (χ3n) is 1.95. The highest BCUT2D eigenvalue weighted by Crippen LogP contribution is 2.19. The van der Waals surface area contributed by atoms with E-state index in [2.05, 4.69) is 20.1 Å². The van der Waals surface area contributed by atoms with Crippen LogP contribution in [0, 0.1) is 0 Å². The molecule has 7 nitrogen and oxygen atoms in total. The number of carbonyl (C=O) groups is 1. The van der Waals surface area contributed by atoms with Crippen LogP contribution < -0.4 is 11.3 Å². The first-order valence-electron chi connectivity index (χ1n) is 5.22. The zero-order valence-corrected chi connectivity index (χ0v) is 11.1. The zero-order chi connectivity index (χ0) is 13.4. The molecule has 0 aromatic carbocycles. The summed E-state index contributed by atoms with van der Waals surface area (Å²) in [6.45, 7) is 0.306. The number of hydrazine groups is 1. The largest absolute Gasteiger partial charge is 0.469 e. The van der Waals surface area contributed by atoms with Crippen LogP contribution in [0.15, 0.2) is 11.1 Å². The molecule has 1 heterocycles. The number of nitrogens with two attached hydrogens (primary N) is 1.